The van der Waals surface area contributed by atoms with Gasteiger partial charge in [0.2, 0.25) is 0 Å². The number of aromatic nitrogens is 3. The molecule has 2 aromatic carbocycles. The van der Waals surface area contributed by atoms with E-state index in [9.17, 15) is 4.79 Å². The van der Waals surface area contributed by atoms with Gasteiger partial charge in [0, 0.05) is 4.90 Å². The molecule has 0 saturated heterocycles. The molecule has 6 heteroatoms. The van der Waals surface area contributed by atoms with Crippen molar-refractivity contribution in [3.63, 3.8) is 0 Å². The lowest BCUT2D eigenvalue weighted by atomic mass is 10.2. The first kappa shape index (κ1) is 15.3. The number of thioether (sulfide) groups is 1. The van der Waals surface area contributed by atoms with Gasteiger partial charge in [0.25, 0.3) is 5.91 Å². The minimum atomic E-state index is -0.273. The molecule has 0 aliphatic rings. The van der Waals surface area contributed by atoms with Crippen molar-refractivity contribution in [3.8, 4) is 5.69 Å². The summed E-state index contributed by atoms with van der Waals surface area (Å²) in [7, 11) is 0. The van der Waals surface area contributed by atoms with E-state index in [0.717, 1.165) is 16.3 Å². The summed E-state index contributed by atoms with van der Waals surface area (Å²) in [6.45, 7) is 2.02. The van der Waals surface area contributed by atoms with Gasteiger partial charge in [-0.3, -0.25) is 4.79 Å². The van der Waals surface area contributed by atoms with Crippen LogP contribution in [0.3, 0.4) is 0 Å². The third-order valence-corrected chi connectivity index (χ3v) is 4.18. The molecular formula is C17H16N4OS. The van der Waals surface area contributed by atoms with Crippen LogP contribution >= 0.6 is 11.8 Å². The highest BCUT2D eigenvalue weighted by molar-refractivity contribution is 7.98. The van der Waals surface area contributed by atoms with E-state index >= 15 is 0 Å². The Morgan fingerprint density at radius 1 is 1.13 bits per heavy atom. The maximum Gasteiger partial charge on any atom is 0.277 e. The molecule has 0 fully saturated rings. The fourth-order valence-electron chi connectivity index (χ4n) is 2.13. The predicted octanol–water partition coefficient (Wildman–Crippen LogP) is 3.55. The molecule has 0 radical (unpaired) electrons. The van der Waals surface area contributed by atoms with Crippen LogP contribution in [0.1, 0.15) is 16.1 Å². The molecule has 0 unspecified atom stereocenters. The summed E-state index contributed by atoms with van der Waals surface area (Å²) < 4.78 is 1.59. The van der Waals surface area contributed by atoms with Crippen LogP contribution < -0.4 is 5.32 Å². The van der Waals surface area contributed by atoms with E-state index in [0.29, 0.717) is 0 Å². The van der Waals surface area contributed by atoms with Crippen molar-refractivity contribution in [1.29, 1.82) is 0 Å². The minimum absolute atomic E-state index is 0.273. The summed E-state index contributed by atoms with van der Waals surface area (Å²) in [5.41, 5.74) is 3.09. The lowest BCUT2D eigenvalue weighted by molar-refractivity contribution is 0.102. The van der Waals surface area contributed by atoms with E-state index in [2.05, 4.69) is 15.6 Å². The number of carbonyl (C=O) groups is 1. The Morgan fingerprint density at radius 2 is 1.87 bits per heavy atom. The number of amides is 1. The highest BCUT2D eigenvalue weighted by atomic mass is 32.2. The molecule has 1 N–H and O–H groups in total. The number of aryl methyl sites for hydroxylation is 1. The van der Waals surface area contributed by atoms with Gasteiger partial charge >= 0.3 is 0 Å². The fraction of sp³-hybridized carbons (Fsp3) is 0.118. The number of carbonyl (C=O) groups excluding carboxylic acids is 1. The summed E-state index contributed by atoms with van der Waals surface area (Å²) in [5, 5.41) is 10.9. The van der Waals surface area contributed by atoms with Crippen LogP contribution in [-0.2, 0) is 0 Å². The lowest BCUT2D eigenvalue weighted by Gasteiger charge is -2.07. The number of nitrogens with zero attached hydrogens (tertiary/aromatic N) is 3. The van der Waals surface area contributed by atoms with E-state index in [1.54, 1.807) is 22.6 Å². The molecule has 3 aromatic rings. The van der Waals surface area contributed by atoms with E-state index in [-0.39, 0.29) is 11.6 Å². The Bertz CT molecular complexity index is 827. The van der Waals surface area contributed by atoms with Crippen LogP contribution in [-0.4, -0.2) is 27.2 Å². The van der Waals surface area contributed by atoms with E-state index < -0.39 is 0 Å². The van der Waals surface area contributed by atoms with Crippen molar-refractivity contribution in [2.75, 3.05) is 11.6 Å². The number of hydrogen-bond donors (Lipinski definition) is 1. The smallest absolute Gasteiger partial charge is 0.277 e. The zero-order valence-corrected chi connectivity index (χ0v) is 13.7. The standard InChI is InChI=1S/C17H16N4OS/c1-12-7-9-13(10-8-12)21-11-15(19-20-21)17(22)18-14-5-3-4-6-16(14)23-2/h3-11H,1-2H3,(H,18,22). The molecule has 1 amide bonds. The SMILES string of the molecule is CSc1ccccc1NC(=O)c1cn(-c2ccc(C)cc2)nn1. The fourth-order valence-corrected chi connectivity index (χ4v) is 2.68. The average molecular weight is 324 g/mol. The van der Waals surface area contributed by atoms with Gasteiger partial charge in [-0.2, -0.15) is 0 Å². The number of benzene rings is 2. The number of para-hydroxylation sites is 1. The first-order chi connectivity index (χ1) is 11.2. The summed E-state index contributed by atoms with van der Waals surface area (Å²) in [6, 6.07) is 15.5. The van der Waals surface area contributed by atoms with Gasteiger partial charge in [-0.25, -0.2) is 4.68 Å². The first-order valence-electron chi connectivity index (χ1n) is 7.11. The molecule has 0 spiro atoms. The molecule has 116 valence electrons. The van der Waals surface area contributed by atoms with Crippen molar-refractivity contribution >= 4 is 23.4 Å². The van der Waals surface area contributed by atoms with Crippen LogP contribution in [0.4, 0.5) is 5.69 Å². The van der Waals surface area contributed by atoms with Crippen molar-refractivity contribution in [1.82, 2.24) is 15.0 Å². The molecule has 0 saturated carbocycles. The van der Waals surface area contributed by atoms with Gasteiger partial charge in [-0.05, 0) is 37.4 Å². The molecule has 0 atom stereocenters. The zero-order valence-electron chi connectivity index (χ0n) is 12.9. The molecule has 1 aromatic heterocycles. The van der Waals surface area contributed by atoms with Gasteiger partial charge < -0.3 is 5.32 Å². The van der Waals surface area contributed by atoms with Crippen LogP contribution in [0.25, 0.3) is 5.69 Å². The van der Waals surface area contributed by atoms with E-state index in [4.69, 9.17) is 0 Å². The van der Waals surface area contributed by atoms with Crippen molar-refractivity contribution in [2.24, 2.45) is 0 Å². The first-order valence-corrected chi connectivity index (χ1v) is 8.33. The van der Waals surface area contributed by atoms with Crippen molar-refractivity contribution in [3.05, 3.63) is 66.0 Å². The van der Waals surface area contributed by atoms with Gasteiger partial charge in [0.1, 0.15) is 0 Å². The van der Waals surface area contributed by atoms with Crippen LogP contribution in [0.5, 0.6) is 0 Å². The Balaban J connectivity index is 1.80. The van der Waals surface area contributed by atoms with Crippen LogP contribution in [0, 0.1) is 6.92 Å². The highest BCUT2D eigenvalue weighted by Gasteiger charge is 2.13. The summed E-state index contributed by atoms with van der Waals surface area (Å²) >= 11 is 1.58. The largest absolute Gasteiger partial charge is 0.320 e. The van der Waals surface area contributed by atoms with Gasteiger partial charge in [0.15, 0.2) is 5.69 Å². The maximum absolute atomic E-state index is 12.3. The molecule has 5 nitrogen and oxygen atoms in total. The Morgan fingerprint density at radius 3 is 2.61 bits per heavy atom. The highest BCUT2D eigenvalue weighted by Crippen LogP contribution is 2.24. The summed E-state index contributed by atoms with van der Waals surface area (Å²) in [4.78, 5) is 13.4. The monoisotopic (exact) mass is 324 g/mol. The number of nitrogens with one attached hydrogen (secondary N) is 1. The summed E-state index contributed by atoms with van der Waals surface area (Å²) in [5.74, 6) is -0.273. The molecule has 1 heterocycles. The molecular weight excluding hydrogens is 308 g/mol. The minimum Gasteiger partial charge on any atom is -0.320 e. The number of rotatable bonds is 4. The van der Waals surface area contributed by atoms with Crippen molar-refractivity contribution in [2.45, 2.75) is 11.8 Å². The van der Waals surface area contributed by atoms with Crippen LogP contribution in [0.2, 0.25) is 0 Å². The van der Waals surface area contributed by atoms with E-state index in [1.165, 1.54) is 5.56 Å². The van der Waals surface area contributed by atoms with Crippen molar-refractivity contribution < 1.29 is 4.79 Å². The molecule has 23 heavy (non-hydrogen) atoms. The Hall–Kier alpha value is -2.60. The zero-order chi connectivity index (χ0) is 16.2. The van der Waals surface area contributed by atoms with Gasteiger partial charge in [0.05, 0.1) is 17.6 Å². The predicted molar refractivity (Wildman–Crippen MR) is 92.3 cm³/mol. The van der Waals surface area contributed by atoms with Gasteiger partial charge in [-0.15, -0.1) is 16.9 Å². The molecule has 3 rings (SSSR count). The normalized spacial score (nSPS) is 10.5. The number of hydrogen-bond acceptors (Lipinski definition) is 4. The maximum atomic E-state index is 12.3. The van der Waals surface area contributed by atoms with E-state index in [1.807, 2.05) is 61.7 Å². The Kier molecular flexibility index (Phi) is 4.43. The third-order valence-electron chi connectivity index (χ3n) is 3.38. The second-order valence-electron chi connectivity index (χ2n) is 5.04. The molecule has 0 bridgehead atoms. The van der Waals surface area contributed by atoms with Crippen LogP contribution in [0.15, 0.2) is 59.6 Å². The summed E-state index contributed by atoms with van der Waals surface area (Å²) in [6.07, 6.45) is 3.60. The molecule has 0 aliphatic heterocycles. The topological polar surface area (TPSA) is 59.8 Å². The third kappa shape index (κ3) is 3.43. The quantitative estimate of drug-likeness (QED) is 0.746. The Labute approximate surface area is 138 Å². The second kappa shape index (κ2) is 6.66. The lowest BCUT2D eigenvalue weighted by Crippen LogP contribution is -2.13. The average Bonchev–Trinajstić information content (AvgIpc) is 3.06. The second-order valence-corrected chi connectivity index (χ2v) is 5.89. The number of anilines is 1. The van der Waals surface area contributed by atoms with Gasteiger partial charge in [-0.1, -0.05) is 35.0 Å². The molecule has 0 aliphatic carbocycles.